The van der Waals surface area contributed by atoms with Gasteiger partial charge in [0.1, 0.15) is 9.88 Å². The molecule has 1 atom stereocenters. The molecule has 0 spiro atoms. The Bertz CT molecular complexity index is 951. The maximum atomic E-state index is 13.8. The normalized spacial score (nSPS) is 17.9. The fourth-order valence-corrected chi connectivity index (χ4v) is 4.92. The number of thiazole rings is 1. The van der Waals surface area contributed by atoms with Gasteiger partial charge in [-0.25, -0.2) is 13.8 Å². The van der Waals surface area contributed by atoms with Gasteiger partial charge in [0.05, 0.1) is 11.3 Å². The molecule has 2 aromatic rings. The van der Waals surface area contributed by atoms with Crippen LogP contribution in [0.15, 0.2) is 18.2 Å². The number of carbonyl (C=O) groups excluding carboxylic acids is 1. The molecule has 4 nitrogen and oxygen atoms in total. The number of halogens is 5. The van der Waals surface area contributed by atoms with Crippen molar-refractivity contribution in [3.63, 3.8) is 0 Å². The van der Waals surface area contributed by atoms with Crippen molar-refractivity contribution in [2.24, 2.45) is 0 Å². The Hall–Kier alpha value is -2.07. The van der Waals surface area contributed by atoms with E-state index in [1.54, 1.807) is 6.92 Å². The summed E-state index contributed by atoms with van der Waals surface area (Å²) in [5, 5.41) is 2.93. The van der Waals surface area contributed by atoms with E-state index in [-0.39, 0.29) is 21.4 Å². The minimum Gasteiger partial charge on any atom is -0.351 e. The van der Waals surface area contributed by atoms with Crippen LogP contribution in [0.2, 0.25) is 0 Å². The van der Waals surface area contributed by atoms with Crippen molar-refractivity contribution in [1.29, 1.82) is 0 Å². The Labute approximate surface area is 194 Å². The molecule has 0 bridgehead atoms. The summed E-state index contributed by atoms with van der Waals surface area (Å²) in [7, 11) is 0. The van der Waals surface area contributed by atoms with Crippen molar-refractivity contribution in [2.45, 2.75) is 64.6 Å². The van der Waals surface area contributed by atoms with Crippen molar-refractivity contribution in [1.82, 2.24) is 15.2 Å². The Balaban J connectivity index is 1.72. The van der Waals surface area contributed by atoms with E-state index in [1.165, 1.54) is 19.3 Å². The first-order valence-electron chi connectivity index (χ1n) is 11.0. The second kappa shape index (κ2) is 10.0. The van der Waals surface area contributed by atoms with E-state index in [9.17, 15) is 26.7 Å². The monoisotopic (exact) mass is 489 g/mol. The Morgan fingerprint density at radius 2 is 1.88 bits per heavy atom. The number of aromatic nitrogens is 1. The molecule has 0 radical (unpaired) electrons. The number of rotatable bonds is 7. The zero-order valence-electron chi connectivity index (χ0n) is 18.9. The van der Waals surface area contributed by atoms with Crippen LogP contribution < -0.4 is 5.32 Å². The number of likely N-dealkylation sites (tertiary alicyclic amines) is 1. The maximum Gasteiger partial charge on any atom is 0.416 e. The highest BCUT2D eigenvalue weighted by molar-refractivity contribution is 7.17. The van der Waals surface area contributed by atoms with Gasteiger partial charge in [-0.1, -0.05) is 6.42 Å². The van der Waals surface area contributed by atoms with E-state index in [0.717, 1.165) is 43.0 Å². The number of aryl methyl sites for hydroxylation is 1. The number of amides is 1. The summed E-state index contributed by atoms with van der Waals surface area (Å²) < 4.78 is 67.4. The van der Waals surface area contributed by atoms with Gasteiger partial charge < -0.3 is 10.2 Å². The summed E-state index contributed by atoms with van der Waals surface area (Å²) in [5.74, 6) is -3.81. The Kier molecular flexibility index (Phi) is 7.78. The smallest absolute Gasteiger partial charge is 0.351 e. The lowest BCUT2D eigenvalue weighted by Crippen LogP contribution is -2.39. The lowest BCUT2D eigenvalue weighted by molar-refractivity contribution is -0.137. The summed E-state index contributed by atoms with van der Waals surface area (Å²) in [4.78, 5) is 19.5. The van der Waals surface area contributed by atoms with E-state index < -0.39 is 23.2 Å². The van der Waals surface area contributed by atoms with Crippen LogP contribution in [0, 0.1) is 6.92 Å². The van der Waals surface area contributed by atoms with Crippen molar-refractivity contribution in [3.8, 4) is 10.6 Å². The van der Waals surface area contributed by atoms with Crippen LogP contribution in [0.25, 0.3) is 10.6 Å². The van der Waals surface area contributed by atoms with E-state index in [1.807, 2.05) is 0 Å². The molecular weight excluding hydrogens is 461 g/mol. The fourth-order valence-electron chi connectivity index (χ4n) is 3.95. The van der Waals surface area contributed by atoms with Gasteiger partial charge in [0.25, 0.3) is 11.8 Å². The minimum atomic E-state index is -4.78. The van der Waals surface area contributed by atoms with Crippen LogP contribution in [-0.4, -0.2) is 41.5 Å². The highest BCUT2D eigenvalue weighted by atomic mass is 32.1. The molecule has 1 saturated heterocycles. The van der Waals surface area contributed by atoms with Crippen LogP contribution in [0.4, 0.5) is 22.0 Å². The molecule has 1 fully saturated rings. The molecule has 182 valence electrons. The third kappa shape index (κ3) is 6.50. The van der Waals surface area contributed by atoms with Crippen molar-refractivity contribution in [3.05, 3.63) is 39.9 Å². The van der Waals surface area contributed by atoms with Gasteiger partial charge in [0.15, 0.2) is 0 Å². The van der Waals surface area contributed by atoms with Gasteiger partial charge in [0.2, 0.25) is 0 Å². The highest BCUT2D eigenvalue weighted by Gasteiger charge is 2.35. The predicted octanol–water partition coefficient (Wildman–Crippen LogP) is 6.24. The zero-order chi connectivity index (χ0) is 24.4. The first kappa shape index (κ1) is 25.6. The number of nitrogens with zero attached hydrogens (tertiary/aromatic N) is 2. The van der Waals surface area contributed by atoms with E-state index in [4.69, 9.17) is 0 Å². The molecule has 1 N–H and O–H groups in total. The molecule has 1 aliphatic heterocycles. The van der Waals surface area contributed by atoms with Gasteiger partial charge in [0, 0.05) is 37.2 Å². The van der Waals surface area contributed by atoms with Gasteiger partial charge in [-0.3, -0.25) is 4.79 Å². The third-order valence-electron chi connectivity index (χ3n) is 5.87. The SMILES string of the molecule is Cc1nc(-c2cc(C(C)(F)F)cc(C(F)(F)F)c2)sc1C(=O)NCCCN1CCCCC1C. The maximum absolute atomic E-state index is 13.8. The molecule has 33 heavy (non-hydrogen) atoms. The minimum absolute atomic E-state index is 0.0902. The highest BCUT2D eigenvalue weighted by Crippen LogP contribution is 2.39. The average molecular weight is 490 g/mol. The second-order valence-electron chi connectivity index (χ2n) is 8.61. The Morgan fingerprint density at radius 1 is 1.18 bits per heavy atom. The molecule has 1 aliphatic rings. The van der Waals surface area contributed by atoms with Crippen LogP contribution in [0.1, 0.15) is 66.0 Å². The third-order valence-corrected chi connectivity index (χ3v) is 7.07. The van der Waals surface area contributed by atoms with Gasteiger partial charge >= 0.3 is 6.18 Å². The van der Waals surface area contributed by atoms with Crippen molar-refractivity contribution >= 4 is 17.2 Å². The number of benzene rings is 1. The van der Waals surface area contributed by atoms with Crippen LogP contribution in [-0.2, 0) is 12.1 Å². The first-order valence-corrected chi connectivity index (χ1v) is 11.8. The summed E-state index contributed by atoms with van der Waals surface area (Å²) in [6.45, 7) is 6.73. The quantitative estimate of drug-likeness (QED) is 0.370. The second-order valence-corrected chi connectivity index (χ2v) is 9.61. The van der Waals surface area contributed by atoms with E-state index >= 15 is 0 Å². The summed E-state index contributed by atoms with van der Waals surface area (Å²) in [6.07, 6.45) is -0.403. The van der Waals surface area contributed by atoms with Crippen molar-refractivity contribution < 1.29 is 26.7 Å². The molecule has 1 aromatic carbocycles. The van der Waals surface area contributed by atoms with Crippen LogP contribution in [0.5, 0.6) is 0 Å². The largest absolute Gasteiger partial charge is 0.416 e. The standard InChI is InChI=1S/C23H28F5N3OS/c1-14-7-4-5-9-31(14)10-6-8-29-20(32)19-15(2)30-21(33-19)16-11-17(22(3,24)25)13-18(12-16)23(26,27)28/h11-14H,4-10H2,1-3H3,(H,29,32). The van der Waals surface area contributed by atoms with Gasteiger partial charge in [-0.2, -0.15) is 13.2 Å². The zero-order valence-corrected chi connectivity index (χ0v) is 19.7. The number of alkyl halides is 5. The molecule has 0 aliphatic carbocycles. The predicted molar refractivity (Wildman–Crippen MR) is 119 cm³/mol. The molecule has 1 amide bonds. The summed E-state index contributed by atoms with van der Waals surface area (Å²) in [5.41, 5.74) is -1.67. The van der Waals surface area contributed by atoms with Crippen LogP contribution >= 0.6 is 11.3 Å². The van der Waals surface area contributed by atoms with Gasteiger partial charge in [-0.15, -0.1) is 11.3 Å². The number of piperidine rings is 1. The number of carbonyl (C=O) groups is 1. The number of hydrogen-bond donors (Lipinski definition) is 1. The summed E-state index contributed by atoms with van der Waals surface area (Å²) >= 11 is 0.900. The van der Waals surface area contributed by atoms with Crippen LogP contribution in [0.3, 0.4) is 0 Å². The molecule has 1 unspecified atom stereocenters. The van der Waals surface area contributed by atoms with E-state index in [0.29, 0.717) is 31.3 Å². The topological polar surface area (TPSA) is 45.2 Å². The molecule has 2 heterocycles. The molecule has 0 saturated carbocycles. The molecule has 3 rings (SSSR count). The fraction of sp³-hybridized carbons (Fsp3) is 0.565. The lowest BCUT2D eigenvalue weighted by atomic mass is 10.0. The molecule has 10 heteroatoms. The summed E-state index contributed by atoms with van der Waals surface area (Å²) in [6, 6.07) is 2.76. The Morgan fingerprint density at radius 3 is 2.52 bits per heavy atom. The number of nitrogens with one attached hydrogen (secondary N) is 1. The van der Waals surface area contributed by atoms with Crippen molar-refractivity contribution in [2.75, 3.05) is 19.6 Å². The first-order chi connectivity index (χ1) is 15.4. The molecule has 1 aromatic heterocycles. The molecular formula is C23H28F5N3OS. The number of hydrogen-bond acceptors (Lipinski definition) is 4. The van der Waals surface area contributed by atoms with E-state index in [2.05, 4.69) is 22.1 Å². The lowest BCUT2D eigenvalue weighted by Gasteiger charge is -2.33. The average Bonchev–Trinajstić information content (AvgIpc) is 3.12. The van der Waals surface area contributed by atoms with Gasteiger partial charge in [-0.05, 0) is 57.9 Å².